The normalized spacial score (nSPS) is 11.7. The van der Waals surface area contributed by atoms with E-state index in [1.165, 1.54) is 0 Å². The van der Waals surface area contributed by atoms with E-state index >= 15 is 0 Å². The summed E-state index contributed by atoms with van der Waals surface area (Å²) >= 11 is 0. The van der Waals surface area contributed by atoms with Gasteiger partial charge in [-0.1, -0.05) is 72.8 Å². The Labute approximate surface area is 152 Å². The Hall–Kier alpha value is -3.40. The minimum atomic E-state index is -0.304. The second-order valence-corrected chi connectivity index (χ2v) is 5.86. The Kier molecular flexibility index (Phi) is 5.78. The van der Waals surface area contributed by atoms with Crippen LogP contribution in [0.4, 0.5) is 0 Å². The molecule has 1 N–H and O–H groups in total. The zero-order valence-corrected chi connectivity index (χ0v) is 14.6. The Balaban J connectivity index is 1.53. The van der Waals surface area contributed by atoms with Gasteiger partial charge in [-0.3, -0.25) is 4.79 Å². The number of hydrogen-bond donors (Lipinski definition) is 1. The lowest BCUT2D eigenvalue weighted by molar-refractivity contribution is -0.123. The highest BCUT2D eigenvalue weighted by Crippen LogP contribution is 2.24. The maximum atomic E-state index is 11.9. The van der Waals surface area contributed by atoms with Gasteiger partial charge in [-0.15, -0.1) is 0 Å². The van der Waals surface area contributed by atoms with Gasteiger partial charge in [0.15, 0.2) is 6.61 Å². The number of nitrogens with zero attached hydrogens (tertiary/aromatic N) is 1. The van der Waals surface area contributed by atoms with Gasteiger partial charge in [0, 0.05) is 5.39 Å². The molecular weight excluding hydrogens is 324 g/mol. The van der Waals surface area contributed by atoms with Gasteiger partial charge >= 0.3 is 0 Å². The minimum Gasteiger partial charge on any atom is -0.483 e. The highest BCUT2D eigenvalue weighted by atomic mass is 16.5. The molecule has 0 spiro atoms. The van der Waals surface area contributed by atoms with Crippen molar-refractivity contribution in [2.45, 2.75) is 6.92 Å². The number of hydrazone groups is 1. The quantitative estimate of drug-likeness (QED) is 0.531. The van der Waals surface area contributed by atoms with Crippen LogP contribution in [0.15, 0.2) is 83.5 Å². The van der Waals surface area contributed by atoms with Crippen LogP contribution in [0, 0.1) is 0 Å². The maximum absolute atomic E-state index is 11.9. The first-order chi connectivity index (χ1) is 12.7. The molecule has 4 nitrogen and oxygen atoms in total. The topological polar surface area (TPSA) is 50.7 Å². The molecule has 26 heavy (non-hydrogen) atoms. The highest BCUT2D eigenvalue weighted by Gasteiger charge is 2.04. The number of carbonyl (C=O) groups is 1. The molecule has 0 bridgehead atoms. The fourth-order valence-corrected chi connectivity index (χ4v) is 2.55. The third-order valence-corrected chi connectivity index (χ3v) is 3.76. The minimum absolute atomic E-state index is 0.0905. The molecule has 0 aliphatic heterocycles. The first-order valence-electron chi connectivity index (χ1n) is 8.38. The van der Waals surface area contributed by atoms with Crippen molar-refractivity contribution in [3.05, 3.63) is 83.9 Å². The Morgan fingerprint density at radius 1 is 1.00 bits per heavy atom. The van der Waals surface area contributed by atoms with Gasteiger partial charge in [-0.25, -0.2) is 5.43 Å². The number of carbonyl (C=O) groups excluding carboxylic acids is 1. The second-order valence-electron chi connectivity index (χ2n) is 5.86. The van der Waals surface area contributed by atoms with Crippen LogP contribution in [0.2, 0.25) is 0 Å². The summed E-state index contributed by atoms with van der Waals surface area (Å²) in [6, 6.07) is 23.6. The summed E-state index contributed by atoms with van der Waals surface area (Å²) in [5, 5.41) is 6.02. The standard InChI is InChI=1S/C22H20N2O2/c1-17(14-18-8-3-2-4-9-18)15-23-24-22(25)16-26-21-13-7-11-19-10-5-6-12-20(19)21/h2-15H,16H2,1H3,(H,24,25)/b17-14-,23-15-. The van der Waals surface area contributed by atoms with Gasteiger partial charge in [0.1, 0.15) is 5.75 Å². The summed E-state index contributed by atoms with van der Waals surface area (Å²) in [7, 11) is 0. The number of amides is 1. The zero-order chi connectivity index (χ0) is 18.2. The molecule has 3 rings (SSSR count). The van der Waals surface area contributed by atoms with Crippen LogP contribution in [0.5, 0.6) is 5.75 Å². The van der Waals surface area contributed by atoms with Gasteiger partial charge in [0.05, 0.1) is 6.21 Å². The van der Waals surface area contributed by atoms with Crippen LogP contribution < -0.4 is 10.2 Å². The summed E-state index contributed by atoms with van der Waals surface area (Å²) in [5.74, 6) is 0.379. The number of ether oxygens (including phenoxy) is 1. The SMILES string of the molecule is CC(/C=N\NC(=O)COc1cccc2ccccc12)=C/c1ccccc1. The Morgan fingerprint density at radius 2 is 1.73 bits per heavy atom. The van der Waals surface area contributed by atoms with Gasteiger partial charge in [-0.2, -0.15) is 5.10 Å². The average molecular weight is 344 g/mol. The fourth-order valence-electron chi connectivity index (χ4n) is 2.55. The highest BCUT2D eigenvalue weighted by molar-refractivity contribution is 5.89. The molecular formula is C22H20N2O2. The number of fused-ring (bicyclic) bond motifs is 1. The smallest absolute Gasteiger partial charge is 0.277 e. The monoisotopic (exact) mass is 344 g/mol. The van der Waals surface area contributed by atoms with Crippen molar-refractivity contribution in [1.29, 1.82) is 0 Å². The Bertz CT molecular complexity index is 941. The molecule has 0 aliphatic carbocycles. The zero-order valence-electron chi connectivity index (χ0n) is 14.6. The molecule has 1 amide bonds. The van der Waals surface area contributed by atoms with Crippen molar-refractivity contribution >= 4 is 29.0 Å². The van der Waals surface area contributed by atoms with E-state index in [1.54, 1.807) is 6.21 Å². The van der Waals surface area contributed by atoms with Crippen LogP contribution in [0.25, 0.3) is 16.8 Å². The predicted molar refractivity (Wildman–Crippen MR) is 106 cm³/mol. The number of allylic oxidation sites excluding steroid dienone is 1. The van der Waals surface area contributed by atoms with Crippen molar-refractivity contribution in [2.24, 2.45) is 5.10 Å². The predicted octanol–water partition coefficient (Wildman–Crippen LogP) is 4.42. The second kappa shape index (κ2) is 8.62. The van der Waals surface area contributed by atoms with Crippen molar-refractivity contribution in [3.63, 3.8) is 0 Å². The summed E-state index contributed by atoms with van der Waals surface area (Å²) < 4.78 is 5.63. The van der Waals surface area contributed by atoms with E-state index in [-0.39, 0.29) is 12.5 Å². The number of nitrogens with one attached hydrogen (secondary N) is 1. The van der Waals surface area contributed by atoms with E-state index in [0.717, 1.165) is 21.9 Å². The van der Waals surface area contributed by atoms with Gasteiger partial charge in [0.25, 0.3) is 5.91 Å². The number of rotatable bonds is 6. The van der Waals surface area contributed by atoms with E-state index in [4.69, 9.17) is 4.74 Å². The molecule has 3 aromatic carbocycles. The van der Waals surface area contributed by atoms with Crippen LogP contribution in [-0.4, -0.2) is 18.7 Å². The van der Waals surface area contributed by atoms with Crippen LogP contribution >= 0.6 is 0 Å². The molecule has 0 saturated heterocycles. The van der Waals surface area contributed by atoms with E-state index in [0.29, 0.717) is 5.75 Å². The van der Waals surface area contributed by atoms with E-state index in [9.17, 15) is 4.79 Å². The van der Waals surface area contributed by atoms with Crippen molar-refractivity contribution < 1.29 is 9.53 Å². The van der Waals surface area contributed by atoms with Crippen molar-refractivity contribution in [3.8, 4) is 5.75 Å². The lowest BCUT2D eigenvalue weighted by Gasteiger charge is -2.08. The summed E-state index contributed by atoms with van der Waals surface area (Å²) in [4.78, 5) is 11.9. The number of hydrogen-bond acceptors (Lipinski definition) is 3. The number of benzene rings is 3. The third-order valence-electron chi connectivity index (χ3n) is 3.76. The lowest BCUT2D eigenvalue weighted by atomic mass is 10.1. The molecule has 0 heterocycles. The molecule has 0 radical (unpaired) electrons. The largest absolute Gasteiger partial charge is 0.483 e. The third kappa shape index (κ3) is 4.80. The molecule has 0 fully saturated rings. The van der Waals surface area contributed by atoms with Crippen molar-refractivity contribution in [2.75, 3.05) is 6.61 Å². The van der Waals surface area contributed by atoms with Gasteiger partial charge < -0.3 is 4.74 Å². The van der Waals surface area contributed by atoms with Crippen LogP contribution in [-0.2, 0) is 4.79 Å². The first kappa shape index (κ1) is 17.4. The summed E-state index contributed by atoms with van der Waals surface area (Å²) in [6.07, 6.45) is 3.60. The molecule has 130 valence electrons. The molecule has 0 saturated carbocycles. The molecule has 3 aromatic rings. The summed E-state index contributed by atoms with van der Waals surface area (Å²) in [5.41, 5.74) is 4.50. The van der Waals surface area contributed by atoms with E-state index < -0.39 is 0 Å². The molecule has 0 aromatic heterocycles. The maximum Gasteiger partial charge on any atom is 0.277 e. The Morgan fingerprint density at radius 3 is 2.58 bits per heavy atom. The summed E-state index contributed by atoms with van der Waals surface area (Å²) in [6.45, 7) is 1.84. The first-order valence-corrected chi connectivity index (χ1v) is 8.38. The fraction of sp³-hybridized carbons (Fsp3) is 0.0909. The molecule has 0 atom stereocenters. The van der Waals surface area contributed by atoms with E-state index in [1.807, 2.05) is 85.8 Å². The average Bonchev–Trinajstić information content (AvgIpc) is 2.67. The van der Waals surface area contributed by atoms with Crippen LogP contribution in [0.1, 0.15) is 12.5 Å². The van der Waals surface area contributed by atoms with E-state index in [2.05, 4.69) is 10.5 Å². The van der Waals surface area contributed by atoms with Crippen LogP contribution in [0.3, 0.4) is 0 Å². The molecule has 4 heteroatoms. The van der Waals surface area contributed by atoms with Crippen molar-refractivity contribution in [1.82, 2.24) is 5.43 Å². The lowest BCUT2D eigenvalue weighted by Crippen LogP contribution is -2.24. The molecule has 0 aliphatic rings. The van der Waals surface area contributed by atoms with Gasteiger partial charge in [-0.05, 0) is 29.5 Å². The molecule has 0 unspecified atom stereocenters. The van der Waals surface area contributed by atoms with Gasteiger partial charge in [0.2, 0.25) is 0 Å².